The third kappa shape index (κ3) is 4.83. The smallest absolute Gasteiger partial charge is 0.221 e. The van der Waals surface area contributed by atoms with Crippen molar-refractivity contribution < 1.29 is 9.90 Å². The first-order chi connectivity index (χ1) is 6.83. The van der Waals surface area contributed by atoms with Gasteiger partial charge in [0.05, 0.1) is 0 Å². The fraction of sp³-hybridized carbons (Fsp3) is 0.889. The molecular weight excluding hydrogens is 200 g/mol. The molecule has 1 rings (SSSR count). The van der Waals surface area contributed by atoms with E-state index < -0.39 is 0 Å². The Balaban J connectivity index is 2.06. The Kier molecular flexibility index (Phi) is 5.98. The predicted octanol–water partition coefficient (Wildman–Crippen LogP) is -0.420. The third-order valence-corrected chi connectivity index (χ3v) is 3.22. The molecule has 1 unspecified atom stereocenters. The quantitative estimate of drug-likeness (QED) is 0.549. The molecule has 1 heterocycles. The van der Waals surface area contributed by atoms with E-state index in [1.54, 1.807) is 0 Å². The monoisotopic (exact) mass is 218 g/mol. The minimum absolute atomic E-state index is 0.0819. The maximum atomic E-state index is 11.3. The molecule has 0 aromatic heterocycles. The zero-order valence-corrected chi connectivity index (χ0v) is 9.11. The average Bonchev–Trinajstić information content (AvgIpc) is 2.20. The summed E-state index contributed by atoms with van der Waals surface area (Å²) < 4.78 is 0. The van der Waals surface area contributed by atoms with E-state index in [9.17, 15) is 4.79 Å². The van der Waals surface area contributed by atoms with Crippen molar-refractivity contribution in [1.82, 2.24) is 10.6 Å². The van der Waals surface area contributed by atoms with Crippen LogP contribution in [0.25, 0.3) is 0 Å². The maximum absolute atomic E-state index is 11.3. The van der Waals surface area contributed by atoms with Crippen LogP contribution in [0.3, 0.4) is 0 Å². The normalized spacial score (nSPS) is 21.9. The molecule has 0 spiro atoms. The molecule has 82 valence electrons. The summed E-state index contributed by atoms with van der Waals surface area (Å²) in [6.45, 7) is 1.71. The van der Waals surface area contributed by atoms with Crippen LogP contribution >= 0.6 is 11.8 Å². The molecule has 1 saturated heterocycles. The molecule has 0 radical (unpaired) electrons. The second-order valence-electron chi connectivity index (χ2n) is 3.36. The van der Waals surface area contributed by atoms with E-state index in [1.165, 1.54) is 0 Å². The van der Waals surface area contributed by atoms with E-state index in [-0.39, 0.29) is 12.5 Å². The zero-order chi connectivity index (χ0) is 10.2. The number of rotatable bonds is 5. The Labute approximate surface area is 88.8 Å². The third-order valence-electron chi connectivity index (χ3n) is 2.09. The van der Waals surface area contributed by atoms with Crippen molar-refractivity contribution in [1.29, 1.82) is 0 Å². The highest BCUT2D eigenvalue weighted by molar-refractivity contribution is 7.99. The lowest BCUT2D eigenvalue weighted by Crippen LogP contribution is -2.41. The van der Waals surface area contributed by atoms with Gasteiger partial charge in [-0.3, -0.25) is 4.79 Å². The summed E-state index contributed by atoms with van der Waals surface area (Å²) in [5, 5.41) is 14.6. The zero-order valence-electron chi connectivity index (χ0n) is 8.29. The number of hydrogen-bond acceptors (Lipinski definition) is 4. The van der Waals surface area contributed by atoms with Gasteiger partial charge in [-0.05, 0) is 6.42 Å². The first-order valence-electron chi connectivity index (χ1n) is 5.01. The topological polar surface area (TPSA) is 61.4 Å². The van der Waals surface area contributed by atoms with Crippen molar-refractivity contribution in [3.8, 4) is 0 Å². The van der Waals surface area contributed by atoms with E-state index in [4.69, 9.17) is 5.11 Å². The van der Waals surface area contributed by atoms with Gasteiger partial charge in [0.1, 0.15) is 0 Å². The van der Waals surface area contributed by atoms with Crippen LogP contribution in [0.1, 0.15) is 12.8 Å². The Morgan fingerprint density at radius 1 is 1.64 bits per heavy atom. The number of hydrogen-bond donors (Lipinski definition) is 3. The summed E-state index contributed by atoms with van der Waals surface area (Å²) in [6, 6.07) is 0.322. The lowest BCUT2D eigenvalue weighted by atomic mass is 10.2. The van der Waals surface area contributed by atoms with Crippen LogP contribution in [-0.2, 0) is 4.79 Å². The van der Waals surface area contributed by atoms with Crippen LogP contribution < -0.4 is 10.6 Å². The minimum Gasteiger partial charge on any atom is -0.396 e. The van der Waals surface area contributed by atoms with E-state index >= 15 is 0 Å². The highest BCUT2D eigenvalue weighted by atomic mass is 32.2. The Morgan fingerprint density at radius 2 is 2.50 bits per heavy atom. The first kappa shape index (κ1) is 11.8. The molecule has 1 aliphatic heterocycles. The molecule has 0 aliphatic carbocycles. The molecule has 0 saturated carbocycles. The van der Waals surface area contributed by atoms with Crippen LogP contribution in [0.5, 0.6) is 0 Å². The molecule has 0 bridgehead atoms. The number of nitrogens with one attached hydrogen (secondary N) is 2. The number of aliphatic hydroxyl groups is 1. The second kappa shape index (κ2) is 7.09. The van der Waals surface area contributed by atoms with Gasteiger partial charge in [0, 0.05) is 43.7 Å². The van der Waals surface area contributed by atoms with E-state index in [0.29, 0.717) is 25.4 Å². The number of aliphatic hydroxyl groups excluding tert-OH is 1. The number of carbonyl (C=O) groups is 1. The van der Waals surface area contributed by atoms with Gasteiger partial charge in [-0.1, -0.05) is 0 Å². The van der Waals surface area contributed by atoms with Crippen molar-refractivity contribution in [2.24, 2.45) is 0 Å². The molecule has 14 heavy (non-hydrogen) atoms. The summed E-state index contributed by atoms with van der Waals surface area (Å²) in [5.74, 6) is 2.24. The summed E-state index contributed by atoms with van der Waals surface area (Å²) in [4.78, 5) is 11.3. The van der Waals surface area contributed by atoms with Crippen molar-refractivity contribution >= 4 is 17.7 Å². The molecule has 0 aromatic rings. The molecule has 1 fully saturated rings. The van der Waals surface area contributed by atoms with Crippen molar-refractivity contribution in [2.45, 2.75) is 18.9 Å². The van der Waals surface area contributed by atoms with Crippen LogP contribution in [-0.4, -0.2) is 48.3 Å². The molecular formula is C9H18N2O2S. The fourth-order valence-electron chi connectivity index (χ4n) is 1.35. The number of carbonyl (C=O) groups excluding carboxylic acids is 1. The highest BCUT2D eigenvalue weighted by Crippen LogP contribution is 2.09. The van der Waals surface area contributed by atoms with Gasteiger partial charge in [-0.25, -0.2) is 0 Å². The number of amides is 1. The summed E-state index contributed by atoms with van der Waals surface area (Å²) in [7, 11) is 0. The summed E-state index contributed by atoms with van der Waals surface area (Å²) >= 11 is 1.89. The predicted molar refractivity (Wildman–Crippen MR) is 58.4 cm³/mol. The first-order valence-corrected chi connectivity index (χ1v) is 6.17. The fourth-order valence-corrected chi connectivity index (χ4v) is 2.30. The molecule has 1 amide bonds. The van der Waals surface area contributed by atoms with Crippen molar-refractivity contribution in [3.05, 3.63) is 0 Å². The SMILES string of the molecule is O=C(CC1CSCCN1)NCCCO. The Bertz CT molecular complexity index is 172. The van der Waals surface area contributed by atoms with Gasteiger partial charge in [0.2, 0.25) is 5.91 Å². The molecule has 1 aliphatic rings. The molecule has 4 nitrogen and oxygen atoms in total. The van der Waals surface area contributed by atoms with E-state index in [2.05, 4.69) is 10.6 Å². The van der Waals surface area contributed by atoms with Gasteiger partial charge in [-0.2, -0.15) is 11.8 Å². The van der Waals surface area contributed by atoms with Gasteiger partial charge >= 0.3 is 0 Å². The lowest BCUT2D eigenvalue weighted by molar-refractivity contribution is -0.121. The molecule has 0 aromatic carbocycles. The number of thioether (sulfide) groups is 1. The molecule has 1 atom stereocenters. The van der Waals surface area contributed by atoms with Gasteiger partial charge < -0.3 is 15.7 Å². The van der Waals surface area contributed by atoms with Gasteiger partial charge in [-0.15, -0.1) is 0 Å². The molecule has 3 N–H and O–H groups in total. The standard InChI is InChI=1S/C9H18N2O2S/c12-4-1-2-11-9(13)6-8-7-14-5-3-10-8/h8,10,12H,1-7H2,(H,11,13). The van der Waals surface area contributed by atoms with Crippen molar-refractivity contribution in [3.63, 3.8) is 0 Å². The maximum Gasteiger partial charge on any atom is 0.221 e. The highest BCUT2D eigenvalue weighted by Gasteiger charge is 2.15. The summed E-state index contributed by atoms with van der Waals surface area (Å²) in [5.41, 5.74) is 0. The summed E-state index contributed by atoms with van der Waals surface area (Å²) in [6.07, 6.45) is 1.19. The average molecular weight is 218 g/mol. The van der Waals surface area contributed by atoms with Gasteiger partial charge in [0.25, 0.3) is 0 Å². The lowest BCUT2D eigenvalue weighted by Gasteiger charge is -2.22. The Hall–Kier alpha value is -0.260. The van der Waals surface area contributed by atoms with Crippen LogP contribution in [0.15, 0.2) is 0 Å². The molecule has 5 heteroatoms. The van der Waals surface area contributed by atoms with E-state index in [1.807, 2.05) is 11.8 Å². The van der Waals surface area contributed by atoms with E-state index in [0.717, 1.165) is 18.1 Å². The largest absolute Gasteiger partial charge is 0.396 e. The van der Waals surface area contributed by atoms with Gasteiger partial charge in [0.15, 0.2) is 0 Å². The van der Waals surface area contributed by atoms with Crippen LogP contribution in [0.4, 0.5) is 0 Å². The Morgan fingerprint density at radius 3 is 3.14 bits per heavy atom. The van der Waals surface area contributed by atoms with Crippen LogP contribution in [0, 0.1) is 0 Å². The van der Waals surface area contributed by atoms with Crippen molar-refractivity contribution in [2.75, 3.05) is 31.2 Å². The van der Waals surface area contributed by atoms with Crippen LogP contribution in [0.2, 0.25) is 0 Å². The minimum atomic E-state index is 0.0819. The second-order valence-corrected chi connectivity index (χ2v) is 4.51.